The Balaban J connectivity index is 1.73. The van der Waals surface area contributed by atoms with E-state index in [2.05, 4.69) is 36.2 Å². The molecule has 0 saturated carbocycles. The second-order valence-corrected chi connectivity index (χ2v) is 8.58. The minimum Gasteiger partial charge on any atom is -0.761 e. The zero-order valence-electron chi connectivity index (χ0n) is 18.9. The van der Waals surface area contributed by atoms with Crippen molar-refractivity contribution in [2.45, 2.75) is 65.1 Å². The number of rotatable bonds is 8. The lowest BCUT2D eigenvalue weighted by atomic mass is 10.00. The molecule has 0 aliphatic carbocycles. The van der Waals surface area contributed by atoms with Gasteiger partial charge in [0.05, 0.1) is 0 Å². The van der Waals surface area contributed by atoms with Crippen LogP contribution in [0.2, 0.25) is 0 Å². The first-order chi connectivity index (χ1) is 15.0. The zero-order valence-corrected chi connectivity index (χ0v) is 18.9. The Hall–Kier alpha value is -2.57. The van der Waals surface area contributed by atoms with Gasteiger partial charge in [-0.1, -0.05) is 49.7 Å². The molecular weight excluding hydrogens is 388 g/mol. The molecular formula is C25H35N4O2-. The number of hydrogen-bond acceptors (Lipinski definition) is 4. The lowest BCUT2D eigenvalue weighted by molar-refractivity contribution is 0.0989. The van der Waals surface area contributed by atoms with Gasteiger partial charge in [-0.15, -0.1) is 0 Å². The predicted octanol–water partition coefficient (Wildman–Crippen LogP) is 5.59. The number of benzene rings is 2. The molecule has 6 heteroatoms. The molecule has 1 heterocycles. The number of hydrogen-bond donors (Lipinski definition) is 2. The van der Waals surface area contributed by atoms with E-state index < -0.39 is 0 Å². The van der Waals surface area contributed by atoms with Crippen LogP contribution in [0.1, 0.15) is 50.7 Å². The van der Waals surface area contributed by atoms with Crippen LogP contribution in [0.25, 0.3) is 0 Å². The van der Waals surface area contributed by atoms with Gasteiger partial charge in [-0.25, -0.2) is 4.79 Å². The van der Waals surface area contributed by atoms with Crippen LogP contribution in [-0.4, -0.2) is 41.0 Å². The van der Waals surface area contributed by atoms with Crippen molar-refractivity contribution in [3.63, 3.8) is 0 Å². The van der Waals surface area contributed by atoms with Gasteiger partial charge in [-0.2, -0.15) is 0 Å². The monoisotopic (exact) mass is 423 g/mol. The fraction of sp³-hybridized carbons (Fsp3) is 0.480. The number of carbonyl (C=O) groups excluding carboxylic acids is 1. The number of amides is 2. The average Bonchev–Trinajstić information content (AvgIpc) is 2.79. The highest BCUT2D eigenvalue weighted by Crippen LogP contribution is 2.24. The number of anilines is 2. The molecule has 1 saturated heterocycles. The minimum atomic E-state index is -0.121. The molecule has 2 amide bonds. The molecule has 1 aliphatic heterocycles. The molecule has 2 N–H and O–H groups in total. The first-order valence-corrected chi connectivity index (χ1v) is 11.4. The first kappa shape index (κ1) is 23.1. The maximum Gasteiger partial charge on any atom is 0.322 e. The van der Waals surface area contributed by atoms with Gasteiger partial charge in [-0.05, 0) is 56.4 Å². The third-order valence-electron chi connectivity index (χ3n) is 6.33. The van der Waals surface area contributed by atoms with Crippen molar-refractivity contribution in [2.75, 3.05) is 23.9 Å². The minimum absolute atomic E-state index is 0.121. The summed E-state index contributed by atoms with van der Waals surface area (Å²) in [5, 5.41) is 14.2. The van der Waals surface area contributed by atoms with Gasteiger partial charge in [0.25, 0.3) is 0 Å². The van der Waals surface area contributed by atoms with Crippen molar-refractivity contribution in [3.8, 4) is 0 Å². The van der Waals surface area contributed by atoms with Gasteiger partial charge in [0.2, 0.25) is 0 Å². The number of nitrogens with one attached hydrogen (secondary N) is 2. The molecule has 0 bridgehead atoms. The van der Waals surface area contributed by atoms with Gasteiger partial charge in [0.1, 0.15) is 0 Å². The van der Waals surface area contributed by atoms with Crippen LogP contribution in [0.3, 0.4) is 0 Å². The highest BCUT2D eigenvalue weighted by Gasteiger charge is 2.29. The molecule has 1 aliphatic rings. The number of likely N-dealkylation sites (tertiary alicyclic amines) is 1. The van der Waals surface area contributed by atoms with Gasteiger partial charge in [0, 0.05) is 43.1 Å². The lowest BCUT2D eigenvalue weighted by Crippen LogP contribution is -2.50. The fourth-order valence-corrected chi connectivity index (χ4v) is 4.39. The summed E-state index contributed by atoms with van der Waals surface area (Å²) in [4.78, 5) is 17.8. The normalized spacial score (nSPS) is 16.0. The number of carbonyl (C=O) groups is 1. The van der Waals surface area contributed by atoms with Crippen molar-refractivity contribution in [1.82, 2.24) is 9.80 Å². The van der Waals surface area contributed by atoms with Gasteiger partial charge in [0.15, 0.2) is 0 Å². The number of aryl methyl sites for hydroxylation is 1. The van der Waals surface area contributed by atoms with Gasteiger partial charge < -0.3 is 25.8 Å². The van der Waals surface area contributed by atoms with E-state index in [1.54, 1.807) is 6.07 Å². The predicted molar refractivity (Wildman–Crippen MR) is 128 cm³/mol. The molecule has 1 unspecified atom stereocenters. The summed E-state index contributed by atoms with van der Waals surface area (Å²) >= 11 is 0. The largest absolute Gasteiger partial charge is 0.761 e. The Morgan fingerprint density at radius 3 is 2.55 bits per heavy atom. The summed E-state index contributed by atoms with van der Waals surface area (Å²) in [5.41, 5.74) is 5.02. The van der Waals surface area contributed by atoms with Crippen LogP contribution in [0.5, 0.6) is 0 Å². The molecule has 1 atom stereocenters. The van der Waals surface area contributed by atoms with E-state index in [0.29, 0.717) is 24.0 Å². The van der Waals surface area contributed by atoms with Crippen LogP contribution in [0.4, 0.5) is 16.2 Å². The Kier molecular flexibility index (Phi) is 8.32. The standard InChI is InChI=1S/C25H35N4O2/c1-4-8-20(3)28-15-13-23(14-16-28)29(18-21-9-6-5-7-10-21)25(30)26-22-12-11-19(2)24(17-22)27-31/h5-7,9-12,17,20,23,27H,4,8,13-16,18H2,1-3H3,(H,26,30)/q-1. The summed E-state index contributed by atoms with van der Waals surface area (Å²) in [7, 11) is 0. The topological polar surface area (TPSA) is 70.7 Å². The lowest BCUT2D eigenvalue weighted by Gasteiger charge is -2.40. The molecule has 0 aromatic heterocycles. The molecule has 2 aromatic rings. The maximum absolute atomic E-state index is 13.3. The average molecular weight is 424 g/mol. The first-order valence-electron chi connectivity index (χ1n) is 11.4. The van der Waals surface area contributed by atoms with E-state index in [4.69, 9.17) is 0 Å². The second kappa shape index (κ2) is 11.2. The van der Waals surface area contributed by atoms with Crippen LogP contribution in [-0.2, 0) is 6.54 Å². The van der Waals surface area contributed by atoms with Crippen molar-refractivity contribution in [2.24, 2.45) is 0 Å². The Morgan fingerprint density at radius 1 is 1.19 bits per heavy atom. The van der Waals surface area contributed by atoms with Crippen molar-refractivity contribution in [1.29, 1.82) is 0 Å². The fourth-order valence-electron chi connectivity index (χ4n) is 4.39. The van der Waals surface area contributed by atoms with E-state index in [1.165, 1.54) is 12.8 Å². The molecule has 6 nitrogen and oxygen atoms in total. The second-order valence-electron chi connectivity index (χ2n) is 8.58. The number of urea groups is 1. The molecule has 31 heavy (non-hydrogen) atoms. The van der Waals surface area contributed by atoms with Crippen LogP contribution in [0, 0.1) is 12.1 Å². The van der Waals surface area contributed by atoms with E-state index in [0.717, 1.165) is 37.1 Å². The van der Waals surface area contributed by atoms with Crippen LogP contribution < -0.4 is 10.8 Å². The summed E-state index contributed by atoms with van der Waals surface area (Å²) in [6.45, 7) is 8.99. The molecule has 0 spiro atoms. The van der Waals surface area contributed by atoms with Gasteiger partial charge >= 0.3 is 6.03 Å². The highest BCUT2D eigenvalue weighted by molar-refractivity contribution is 5.90. The zero-order chi connectivity index (χ0) is 22.2. The summed E-state index contributed by atoms with van der Waals surface area (Å²) in [6.07, 6.45) is 4.34. The Bertz CT molecular complexity index is 835. The quantitative estimate of drug-likeness (QED) is 0.543. The van der Waals surface area contributed by atoms with Gasteiger partial charge in [-0.3, -0.25) is 0 Å². The van der Waals surface area contributed by atoms with E-state index in [1.807, 2.05) is 47.6 Å². The summed E-state index contributed by atoms with van der Waals surface area (Å²) in [6, 6.07) is 16.1. The third-order valence-corrected chi connectivity index (χ3v) is 6.33. The molecule has 0 radical (unpaired) electrons. The smallest absolute Gasteiger partial charge is 0.322 e. The summed E-state index contributed by atoms with van der Waals surface area (Å²) in [5.74, 6) is 0. The van der Waals surface area contributed by atoms with Crippen molar-refractivity contribution < 1.29 is 4.79 Å². The van der Waals surface area contributed by atoms with E-state index in [-0.39, 0.29) is 12.1 Å². The maximum atomic E-state index is 13.3. The Morgan fingerprint density at radius 2 is 1.90 bits per heavy atom. The number of nitrogens with zero attached hydrogens (tertiary/aromatic N) is 2. The number of piperidine rings is 1. The molecule has 1 fully saturated rings. The van der Waals surface area contributed by atoms with E-state index in [9.17, 15) is 10.0 Å². The highest BCUT2D eigenvalue weighted by atomic mass is 16.5. The van der Waals surface area contributed by atoms with Crippen LogP contribution in [0.15, 0.2) is 48.5 Å². The van der Waals surface area contributed by atoms with Crippen LogP contribution >= 0.6 is 0 Å². The van der Waals surface area contributed by atoms with Crippen molar-refractivity contribution >= 4 is 17.4 Å². The molecule has 168 valence electrons. The molecule has 3 rings (SSSR count). The van der Waals surface area contributed by atoms with E-state index >= 15 is 0 Å². The third kappa shape index (κ3) is 6.21. The van der Waals surface area contributed by atoms with Crippen molar-refractivity contribution in [3.05, 3.63) is 64.9 Å². The Labute approximate surface area is 186 Å². The molecule has 2 aromatic carbocycles. The SMILES string of the molecule is CCCC(C)N1CCC(N(Cc2ccccc2)C(=O)Nc2ccc(C)c(N[O-])c2)CC1. The summed E-state index contributed by atoms with van der Waals surface area (Å²) < 4.78 is 0.